The number of anilines is 1. The van der Waals surface area contributed by atoms with E-state index in [9.17, 15) is 9.90 Å². The number of carboxylic acids is 1. The van der Waals surface area contributed by atoms with Crippen molar-refractivity contribution in [3.8, 4) is 17.1 Å². The molecule has 3 aromatic heterocycles. The van der Waals surface area contributed by atoms with Gasteiger partial charge in [0.25, 0.3) is 5.95 Å². The monoisotopic (exact) mass is 441 g/mol. The molecule has 2 atom stereocenters. The van der Waals surface area contributed by atoms with Gasteiger partial charge in [0.05, 0.1) is 42.2 Å². The molecule has 0 saturated heterocycles. The number of nitrogens with one attached hydrogen (secondary N) is 1. The topological polar surface area (TPSA) is 146 Å². The summed E-state index contributed by atoms with van der Waals surface area (Å²) < 4.78 is 7.79. The molecule has 32 heavy (non-hydrogen) atoms. The van der Waals surface area contributed by atoms with Gasteiger partial charge in [0.1, 0.15) is 11.4 Å². The average Bonchev–Trinajstić information content (AvgIpc) is 3.40. The van der Waals surface area contributed by atoms with E-state index in [4.69, 9.17) is 4.74 Å². The molecule has 1 saturated carbocycles. The Morgan fingerprint density at radius 3 is 2.84 bits per heavy atom. The van der Waals surface area contributed by atoms with Crippen LogP contribution in [-0.2, 0) is 24.9 Å². The quantitative estimate of drug-likeness (QED) is 0.531. The van der Waals surface area contributed by atoms with Gasteiger partial charge in [0, 0.05) is 7.05 Å². The smallest absolute Gasteiger partial charge is 0.306 e. The molecule has 1 aliphatic rings. The molecule has 3 heterocycles. The largest absolute Gasteiger partial charge is 0.489 e. The van der Waals surface area contributed by atoms with Crippen molar-refractivity contribution in [2.24, 2.45) is 13.0 Å². The van der Waals surface area contributed by atoms with Crippen molar-refractivity contribution in [1.29, 1.82) is 0 Å². The molecule has 0 aliphatic heterocycles. The summed E-state index contributed by atoms with van der Waals surface area (Å²) in [5.74, 6) is -0.00292. The van der Waals surface area contributed by atoms with Gasteiger partial charge in [-0.1, -0.05) is 10.3 Å². The van der Waals surface area contributed by atoms with Crippen LogP contribution in [0.3, 0.4) is 0 Å². The summed E-state index contributed by atoms with van der Waals surface area (Å²) in [5, 5.41) is 33.0. The van der Waals surface area contributed by atoms with E-state index < -0.39 is 5.97 Å². The maximum Gasteiger partial charge on any atom is 0.306 e. The van der Waals surface area contributed by atoms with Gasteiger partial charge in [-0.25, -0.2) is 9.67 Å². The fourth-order valence-corrected chi connectivity index (χ4v) is 3.85. The number of rotatable bonds is 8. The number of carboxylic acid groups (broad SMARTS) is 1. The van der Waals surface area contributed by atoms with Crippen LogP contribution < -0.4 is 10.1 Å². The average molecular weight is 441 g/mol. The number of aromatic nitrogens is 8. The molecule has 12 heteroatoms. The third kappa shape index (κ3) is 4.68. The minimum Gasteiger partial charge on any atom is -0.489 e. The third-order valence-electron chi connectivity index (χ3n) is 5.64. The molecule has 170 valence electrons. The Morgan fingerprint density at radius 1 is 1.28 bits per heavy atom. The van der Waals surface area contributed by atoms with Gasteiger partial charge in [-0.2, -0.15) is 4.80 Å². The van der Waals surface area contributed by atoms with E-state index in [1.807, 2.05) is 33.0 Å². The van der Waals surface area contributed by atoms with Crippen LogP contribution >= 0.6 is 0 Å². The normalized spacial score (nSPS) is 18.5. The Hall–Kier alpha value is -3.57. The van der Waals surface area contributed by atoms with Gasteiger partial charge in [-0.05, 0) is 56.9 Å². The first-order valence-electron chi connectivity index (χ1n) is 10.7. The number of aryl methyl sites for hydroxylation is 3. The van der Waals surface area contributed by atoms with Gasteiger partial charge >= 0.3 is 5.97 Å². The molecule has 2 N–H and O–H groups in total. The SMILES string of the molecule is CCn1nnc(NCc2c(-c3ccc(O[C@H]4CCC[C@H](C(=O)O)C4)c(C)n3)nnn2C)n1. The van der Waals surface area contributed by atoms with Crippen molar-refractivity contribution in [1.82, 2.24) is 40.2 Å². The van der Waals surface area contributed by atoms with Crippen molar-refractivity contribution in [2.75, 3.05) is 5.32 Å². The lowest BCUT2D eigenvalue weighted by atomic mass is 9.87. The number of hydrogen-bond donors (Lipinski definition) is 2. The van der Waals surface area contributed by atoms with Crippen LogP contribution in [0.1, 0.15) is 44.0 Å². The molecule has 0 amide bonds. The van der Waals surface area contributed by atoms with E-state index in [2.05, 4.69) is 36.0 Å². The maximum absolute atomic E-state index is 11.3. The number of aliphatic carboxylic acids is 1. The zero-order chi connectivity index (χ0) is 22.7. The Bertz CT molecular complexity index is 1090. The molecule has 0 aromatic carbocycles. The van der Waals surface area contributed by atoms with E-state index in [-0.39, 0.29) is 12.0 Å². The summed E-state index contributed by atoms with van der Waals surface area (Å²) in [6.07, 6.45) is 2.81. The molecule has 0 radical (unpaired) electrons. The van der Waals surface area contributed by atoms with Crippen molar-refractivity contribution in [2.45, 2.75) is 58.7 Å². The van der Waals surface area contributed by atoms with E-state index in [1.165, 1.54) is 4.80 Å². The minimum atomic E-state index is -0.750. The number of hydrogen-bond acceptors (Lipinski definition) is 9. The first kappa shape index (κ1) is 21.7. The second-order valence-electron chi connectivity index (χ2n) is 7.89. The zero-order valence-corrected chi connectivity index (χ0v) is 18.4. The molecule has 1 aliphatic carbocycles. The second kappa shape index (κ2) is 9.28. The highest BCUT2D eigenvalue weighted by atomic mass is 16.5. The molecular formula is C20H27N9O3. The number of pyridine rings is 1. The summed E-state index contributed by atoms with van der Waals surface area (Å²) in [7, 11) is 1.82. The number of carbonyl (C=O) groups is 1. The van der Waals surface area contributed by atoms with E-state index in [0.717, 1.165) is 24.2 Å². The second-order valence-corrected chi connectivity index (χ2v) is 7.89. The Balaban J connectivity index is 1.47. The van der Waals surface area contributed by atoms with Crippen molar-refractivity contribution in [3.05, 3.63) is 23.5 Å². The van der Waals surface area contributed by atoms with Crippen molar-refractivity contribution < 1.29 is 14.6 Å². The third-order valence-corrected chi connectivity index (χ3v) is 5.64. The van der Waals surface area contributed by atoms with Crippen LogP contribution in [0.25, 0.3) is 11.4 Å². The first-order chi connectivity index (χ1) is 15.4. The van der Waals surface area contributed by atoms with Gasteiger partial charge in [-0.3, -0.25) is 4.79 Å². The molecule has 0 bridgehead atoms. The standard InChI is InChI=1S/C20H27N9O3/c1-4-29-25-20(24-27-29)21-11-16-18(23-26-28(16)3)15-8-9-17(12(2)22-15)32-14-7-5-6-13(10-14)19(30)31/h8-9,13-14H,4-7,10-11H2,1-3H3,(H,21,25)(H,30,31)/t13-,14-/m0/s1. The Kier molecular flexibility index (Phi) is 6.28. The predicted molar refractivity (Wildman–Crippen MR) is 114 cm³/mol. The molecule has 3 aromatic rings. The molecule has 4 rings (SSSR count). The fourth-order valence-electron chi connectivity index (χ4n) is 3.85. The Labute approximate surface area is 185 Å². The highest BCUT2D eigenvalue weighted by Crippen LogP contribution is 2.30. The van der Waals surface area contributed by atoms with Gasteiger partial charge in [-0.15, -0.1) is 10.2 Å². The summed E-state index contributed by atoms with van der Waals surface area (Å²) in [6.45, 7) is 4.86. The first-order valence-corrected chi connectivity index (χ1v) is 10.7. The number of nitrogens with zero attached hydrogens (tertiary/aromatic N) is 8. The predicted octanol–water partition coefficient (Wildman–Crippen LogP) is 1.83. The highest BCUT2D eigenvalue weighted by molar-refractivity contribution is 5.70. The van der Waals surface area contributed by atoms with Crippen LogP contribution in [0, 0.1) is 12.8 Å². The lowest BCUT2D eigenvalue weighted by Gasteiger charge is -2.27. The van der Waals surface area contributed by atoms with Crippen LogP contribution in [0.5, 0.6) is 5.75 Å². The zero-order valence-electron chi connectivity index (χ0n) is 18.4. The van der Waals surface area contributed by atoms with Crippen LogP contribution in [0.2, 0.25) is 0 Å². The highest BCUT2D eigenvalue weighted by Gasteiger charge is 2.28. The number of tetrazole rings is 1. The van der Waals surface area contributed by atoms with E-state index >= 15 is 0 Å². The summed E-state index contributed by atoms with van der Waals surface area (Å²) in [4.78, 5) is 17.5. The van der Waals surface area contributed by atoms with Crippen LogP contribution in [0.15, 0.2) is 12.1 Å². The summed E-state index contributed by atoms with van der Waals surface area (Å²) >= 11 is 0. The fraction of sp³-hybridized carbons (Fsp3) is 0.550. The van der Waals surface area contributed by atoms with Gasteiger partial charge < -0.3 is 15.2 Å². The van der Waals surface area contributed by atoms with E-state index in [0.29, 0.717) is 49.0 Å². The summed E-state index contributed by atoms with van der Waals surface area (Å²) in [6, 6.07) is 3.71. The molecular weight excluding hydrogens is 414 g/mol. The van der Waals surface area contributed by atoms with Gasteiger partial charge in [0.2, 0.25) is 0 Å². The van der Waals surface area contributed by atoms with Gasteiger partial charge in [0.15, 0.2) is 0 Å². The molecule has 0 spiro atoms. The maximum atomic E-state index is 11.3. The Morgan fingerprint density at radius 2 is 2.12 bits per heavy atom. The minimum absolute atomic E-state index is 0.114. The molecule has 1 fully saturated rings. The summed E-state index contributed by atoms with van der Waals surface area (Å²) in [5.41, 5.74) is 2.88. The van der Waals surface area contributed by atoms with Crippen molar-refractivity contribution >= 4 is 11.9 Å². The molecule has 12 nitrogen and oxygen atoms in total. The number of ether oxygens (including phenoxy) is 1. The van der Waals surface area contributed by atoms with Crippen LogP contribution in [0.4, 0.5) is 5.95 Å². The lowest BCUT2D eigenvalue weighted by molar-refractivity contribution is -0.143. The lowest BCUT2D eigenvalue weighted by Crippen LogP contribution is -2.29. The van der Waals surface area contributed by atoms with Crippen molar-refractivity contribution in [3.63, 3.8) is 0 Å². The molecule has 0 unspecified atom stereocenters. The van der Waals surface area contributed by atoms with E-state index in [1.54, 1.807) is 4.68 Å². The van der Waals surface area contributed by atoms with Crippen LogP contribution in [-0.4, -0.2) is 57.4 Å².